The minimum Gasteiger partial charge on any atom is -0.375 e. The summed E-state index contributed by atoms with van der Waals surface area (Å²) in [4.78, 5) is 12.2. The molecule has 0 aromatic heterocycles. The van der Waals surface area contributed by atoms with Crippen molar-refractivity contribution in [3.63, 3.8) is 0 Å². The summed E-state index contributed by atoms with van der Waals surface area (Å²) >= 11 is 0. The Hall–Kier alpha value is -1.42. The molecule has 1 aromatic carbocycles. The molecule has 1 amide bonds. The first kappa shape index (κ1) is 17.6. The van der Waals surface area contributed by atoms with Gasteiger partial charge in [-0.15, -0.1) is 0 Å². The van der Waals surface area contributed by atoms with Crippen LogP contribution in [0.5, 0.6) is 0 Å². The molecule has 0 heterocycles. The number of carbonyl (C=O) groups is 1. The van der Waals surface area contributed by atoms with Crippen LogP contribution in [-0.4, -0.2) is 19.6 Å². The number of benzene rings is 1. The summed E-state index contributed by atoms with van der Waals surface area (Å²) in [7, 11) is 1.57. The second-order valence-electron chi connectivity index (χ2n) is 5.30. The van der Waals surface area contributed by atoms with E-state index < -0.39 is 0 Å². The van der Waals surface area contributed by atoms with Crippen molar-refractivity contribution in [1.82, 2.24) is 5.32 Å². The second kappa shape index (κ2) is 9.50. The molecular formula is C17H26FNO2. The topological polar surface area (TPSA) is 38.3 Å². The lowest BCUT2D eigenvalue weighted by Crippen LogP contribution is -2.34. The summed E-state index contributed by atoms with van der Waals surface area (Å²) < 4.78 is 18.6. The van der Waals surface area contributed by atoms with Gasteiger partial charge >= 0.3 is 0 Å². The minimum atomic E-state index is -0.325. The third-order valence-electron chi connectivity index (χ3n) is 3.61. The van der Waals surface area contributed by atoms with E-state index in [9.17, 15) is 9.18 Å². The molecule has 0 aliphatic heterocycles. The lowest BCUT2D eigenvalue weighted by atomic mass is 9.97. The maximum Gasteiger partial charge on any atom is 0.223 e. The molecule has 0 aliphatic carbocycles. The van der Waals surface area contributed by atoms with Gasteiger partial charge in [-0.3, -0.25) is 4.79 Å². The Morgan fingerprint density at radius 3 is 2.48 bits per heavy atom. The maximum absolute atomic E-state index is 13.2. The van der Waals surface area contributed by atoms with Gasteiger partial charge in [0.25, 0.3) is 0 Å². The molecule has 1 N–H and O–H groups in total. The molecule has 0 fully saturated rings. The first-order valence-corrected chi connectivity index (χ1v) is 7.68. The standard InChI is InChI=1S/C17H26FNO2/c1-4-7-13(8-5-2)17(20)19-12-16(21-3)14-9-6-10-15(18)11-14/h6,9-11,13,16H,4-5,7-8,12H2,1-3H3,(H,19,20). The Morgan fingerprint density at radius 1 is 1.29 bits per heavy atom. The van der Waals surface area contributed by atoms with E-state index in [0.717, 1.165) is 31.2 Å². The molecule has 0 bridgehead atoms. The zero-order valence-electron chi connectivity index (χ0n) is 13.2. The summed E-state index contributed by atoms with van der Waals surface area (Å²) in [5.74, 6) is -0.169. The lowest BCUT2D eigenvalue weighted by molar-refractivity contribution is -0.126. The Balaban J connectivity index is 2.59. The number of halogens is 1. The highest BCUT2D eigenvalue weighted by atomic mass is 19.1. The van der Waals surface area contributed by atoms with Crippen LogP contribution in [0.15, 0.2) is 24.3 Å². The molecule has 0 aliphatic rings. The van der Waals surface area contributed by atoms with Crippen molar-refractivity contribution >= 4 is 5.91 Å². The van der Waals surface area contributed by atoms with Crippen LogP contribution in [-0.2, 0) is 9.53 Å². The molecular weight excluding hydrogens is 269 g/mol. The van der Waals surface area contributed by atoms with Crippen molar-refractivity contribution in [3.05, 3.63) is 35.6 Å². The van der Waals surface area contributed by atoms with E-state index in [-0.39, 0.29) is 23.7 Å². The van der Waals surface area contributed by atoms with Crippen molar-refractivity contribution in [2.24, 2.45) is 5.92 Å². The maximum atomic E-state index is 13.2. The summed E-state index contributed by atoms with van der Waals surface area (Å²) in [6.07, 6.45) is 3.47. The predicted octanol–water partition coefficient (Wildman–Crippen LogP) is 3.85. The first-order chi connectivity index (χ1) is 10.1. The highest BCUT2D eigenvalue weighted by Gasteiger charge is 2.18. The van der Waals surface area contributed by atoms with Crippen molar-refractivity contribution in [1.29, 1.82) is 0 Å². The SMILES string of the molecule is CCCC(CCC)C(=O)NCC(OC)c1cccc(F)c1. The average molecular weight is 295 g/mol. The van der Waals surface area contributed by atoms with Gasteiger partial charge in [0.1, 0.15) is 5.82 Å². The normalized spacial score (nSPS) is 12.4. The molecule has 0 radical (unpaired) electrons. The molecule has 4 heteroatoms. The zero-order valence-corrected chi connectivity index (χ0v) is 13.2. The molecule has 0 spiro atoms. The van der Waals surface area contributed by atoms with Crippen LogP contribution in [0.25, 0.3) is 0 Å². The minimum absolute atomic E-state index is 0.0602. The molecule has 0 saturated heterocycles. The molecule has 1 rings (SSSR count). The number of methoxy groups -OCH3 is 1. The number of nitrogens with one attached hydrogen (secondary N) is 1. The fourth-order valence-corrected chi connectivity index (χ4v) is 2.49. The monoisotopic (exact) mass is 295 g/mol. The average Bonchev–Trinajstić information content (AvgIpc) is 2.47. The van der Waals surface area contributed by atoms with Crippen LogP contribution in [0.2, 0.25) is 0 Å². The molecule has 118 valence electrons. The Bertz CT molecular complexity index is 431. The van der Waals surface area contributed by atoms with Crippen LogP contribution in [0.1, 0.15) is 51.2 Å². The third kappa shape index (κ3) is 5.84. The van der Waals surface area contributed by atoms with Gasteiger partial charge in [-0.2, -0.15) is 0 Å². The molecule has 21 heavy (non-hydrogen) atoms. The van der Waals surface area contributed by atoms with Gasteiger partial charge in [0, 0.05) is 19.6 Å². The number of ether oxygens (including phenoxy) is 1. The smallest absolute Gasteiger partial charge is 0.223 e. The first-order valence-electron chi connectivity index (χ1n) is 7.68. The molecule has 3 nitrogen and oxygen atoms in total. The third-order valence-corrected chi connectivity index (χ3v) is 3.61. The van der Waals surface area contributed by atoms with Crippen molar-refractivity contribution in [2.75, 3.05) is 13.7 Å². The van der Waals surface area contributed by atoms with E-state index in [4.69, 9.17) is 4.74 Å². The van der Waals surface area contributed by atoms with Gasteiger partial charge in [0.15, 0.2) is 0 Å². The Kier molecular flexibility index (Phi) is 7.98. The quantitative estimate of drug-likeness (QED) is 0.751. The van der Waals surface area contributed by atoms with E-state index in [1.165, 1.54) is 12.1 Å². The van der Waals surface area contributed by atoms with E-state index >= 15 is 0 Å². The van der Waals surface area contributed by atoms with Gasteiger partial charge in [-0.1, -0.05) is 38.8 Å². The summed E-state index contributed by atoms with van der Waals surface area (Å²) in [6.45, 7) is 4.53. The van der Waals surface area contributed by atoms with E-state index in [1.807, 2.05) is 0 Å². The fourth-order valence-electron chi connectivity index (χ4n) is 2.49. The van der Waals surface area contributed by atoms with Crippen LogP contribution >= 0.6 is 0 Å². The van der Waals surface area contributed by atoms with E-state index in [0.29, 0.717) is 6.54 Å². The van der Waals surface area contributed by atoms with Gasteiger partial charge in [0.05, 0.1) is 6.10 Å². The van der Waals surface area contributed by atoms with Crippen LogP contribution < -0.4 is 5.32 Å². The molecule has 1 aromatic rings. The summed E-state index contributed by atoms with van der Waals surface area (Å²) in [5.41, 5.74) is 0.736. The molecule has 1 atom stereocenters. The highest BCUT2D eigenvalue weighted by molar-refractivity contribution is 5.78. The van der Waals surface area contributed by atoms with Crippen LogP contribution in [0, 0.1) is 11.7 Å². The summed E-state index contributed by atoms with van der Waals surface area (Å²) in [6, 6.07) is 6.29. The van der Waals surface area contributed by atoms with Crippen molar-refractivity contribution in [2.45, 2.75) is 45.6 Å². The number of rotatable bonds is 9. The number of amides is 1. The van der Waals surface area contributed by atoms with Gasteiger partial charge in [0.2, 0.25) is 5.91 Å². The highest BCUT2D eigenvalue weighted by Crippen LogP contribution is 2.18. The Labute approximate surface area is 126 Å². The van der Waals surface area contributed by atoms with Crippen LogP contribution in [0.4, 0.5) is 4.39 Å². The van der Waals surface area contributed by atoms with Gasteiger partial charge in [-0.25, -0.2) is 4.39 Å². The van der Waals surface area contributed by atoms with Crippen molar-refractivity contribution in [3.8, 4) is 0 Å². The number of hydrogen-bond donors (Lipinski definition) is 1. The van der Waals surface area contributed by atoms with Crippen molar-refractivity contribution < 1.29 is 13.9 Å². The van der Waals surface area contributed by atoms with E-state index in [2.05, 4.69) is 19.2 Å². The lowest BCUT2D eigenvalue weighted by Gasteiger charge is -2.20. The summed E-state index contributed by atoms with van der Waals surface area (Å²) in [5, 5.41) is 2.93. The zero-order chi connectivity index (χ0) is 15.7. The number of hydrogen-bond acceptors (Lipinski definition) is 2. The molecule has 1 unspecified atom stereocenters. The predicted molar refractivity (Wildman–Crippen MR) is 82.5 cm³/mol. The Morgan fingerprint density at radius 2 is 1.95 bits per heavy atom. The van der Waals surface area contributed by atoms with Gasteiger partial charge in [-0.05, 0) is 30.5 Å². The van der Waals surface area contributed by atoms with Gasteiger partial charge < -0.3 is 10.1 Å². The largest absolute Gasteiger partial charge is 0.375 e. The van der Waals surface area contributed by atoms with E-state index in [1.54, 1.807) is 19.2 Å². The second-order valence-corrected chi connectivity index (χ2v) is 5.30. The number of carbonyl (C=O) groups excluding carboxylic acids is 1. The molecule has 0 saturated carbocycles. The van der Waals surface area contributed by atoms with Crippen LogP contribution in [0.3, 0.4) is 0 Å². The fraction of sp³-hybridized carbons (Fsp3) is 0.588.